The first-order chi connectivity index (χ1) is 10.7. The van der Waals surface area contributed by atoms with Crippen LogP contribution in [0.2, 0.25) is 0 Å². The minimum atomic E-state index is 0.170. The van der Waals surface area contributed by atoms with E-state index in [0.29, 0.717) is 0 Å². The summed E-state index contributed by atoms with van der Waals surface area (Å²) in [4.78, 5) is 14.7. The molecular weight excluding hydrogens is 338 g/mol. The third-order valence-corrected chi connectivity index (χ3v) is 4.42. The van der Waals surface area contributed by atoms with Crippen molar-refractivity contribution in [3.05, 3.63) is 34.3 Å². The fraction of sp³-hybridized carbons (Fsp3) is 0.632. The number of carbonyl (C=O) groups excluding carboxylic acids is 1. The molecule has 1 aromatic rings. The number of halogens is 1. The van der Waals surface area contributed by atoms with Crippen molar-refractivity contribution in [1.29, 1.82) is 0 Å². The summed E-state index contributed by atoms with van der Waals surface area (Å²) in [5.74, 6) is 0.170. The summed E-state index contributed by atoms with van der Waals surface area (Å²) < 4.78 is 0.966. The van der Waals surface area contributed by atoms with E-state index in [1.54, 1.807) is 0 Å². The lowest BCUT2D eigenvalue weighted by Gasteiger charge is -2.23. The maximum absolute atomic E-state index is 12.7. The van der Waals surface area contributed by atoms with Gasteiger partial charge in [-0.05, 0) is 31.0 Å². The Bertz CT molecular complexity index is 433. The third-order valence-electron chi connectivity index (χ3n) is 3.92. The topological polar surface area (TPSA) is 20.3 Å². The molecular formula is C19H30BrNO. The summed E-state index contributed by atoms with van der Waals surface area (Å²) in [5, 5.41) is 0. The molecule has 0 unspecified atom stereocenters. The summed E-state index contributed by atoms with van der Waals surface area (Å²) in [6.07, 6.45) is 9.78. The van der Waals surface area contributed by atoms with Gasteiger partial charge in [0.25, 0.3) is 5.91 Å². The summed E-state index contributed by atoms with van der Waals surface area (Å²) in [6, 6.07) is 7.72. The molecule has 0 N–H and O–H groups in total. The van der Waals surface area contributed by atoms with Gasteiger partial charge in [0.2, 0.25) is 0 Å². The minimum absolute atomic E-state index is 0.170. The number of benzene rings is 1. The van der Waals surface area contributed by atoms with E-state index in [-0.39, 0.29) is 5.91 Å². The number of amides is 1. The highest BCUT2D eigenvalue weighted by atomic mass is 79.9. The Hall–Kier alpha value is -0.830. The van der Waals surface area contributed by atoms with Crippen LogP contribution < -0.4 is 0 Å². The average molecular weight is 368 g/mol. The molecule has 0 spiro atoms. The molecule has 124 valence electrons. The SMILES string of the molecule is CCCCCCCCN(CCCC)C(=O)c1cccc(Br)c1. The van der Waals surface area contributed by atoms with Crippen LogP contribution in [0.15, 0.2) is 28.7 Å². The van der Waals surface area contributed by atoms with Crippen LogP contribution in [0.3, 0.4) is 0 Å². The van der Waals surface area contributed by atoms with Crippen molar-refractivity contribution < 1.29 is 4.79 Å². The monoisotopic (exact) mass is 367 g/mol. The predicted octanol–water partition coefficient (Wildman–Crippen LogP) is 6.05. The molecule has 0 saturated heterocycles. The van der Waals surface area contributed by atoms with Crippen LogP contribution in [0.25, 0.3) is 0 Å². The highest BCUT2D eigenvalue weighted by Gasteiger charge is 2.15. The molecule has 0 aromatic heterocycles. The van der Waals surface area contributed by atoms with Crippen LogP contribution in [0.4, 0.5) is 0 Å². The molecule has 1 amide bonds. The van der Waals surface area contributed by atoms with E-state index >= 15 is 0 Å². The number of hydrogen-bond donors (Lipinski definition) is 0. The second kappa shape index (κ2) is 11.7. The standard InChI is InChI=1S/C19H30BrNO/c1-3-5-7-8-9-10-15-21(14-6-4-2)19(22)17-12-11-13-18(20)16-17/h11-13,16H,3-10,14-15H2,1-2H3. The molecule has 1 rings (SSSR count). The molecule has 0 radical (unpaired) electrons. The first-order valence-electron chi connectivity index (χ1n) is 8.73. The number of rotatable bonds is 11. The van der Waals surface area contributed by atoms with E-state index in [2.05, 4.69) is 29.8 Å². The highest BCUT2D eigenvalue weighted by Crippen LogP contribution is 2.15. The predicted molar refractivity (Wildman–Crippen MR) is 98.3 cm³/mol. The Morgan fingerprint density at radius 1 is 0.955 bits per heavy atom. The van der Waals surface area contributed by atoms with Crippen molar-refractivity contribution >= 4 is 21.8 Å². The second-order valence-electron chi connectivity index (χ2n) is 5.92. The first kappa shape index (κ1) is 19.2. The molecule has 0 aliphatic heterocycles. The summed E-state index contributed by atoms with van der Waals surface area (Å²) >= 11 is 3.45. The average Bonchev–Trinajstić information content (AvgIpc) is 2.53. The third kappa shape index (κ3) is 7.44. The van der Waals surface area contributed by atoms with Gasteiger partial charge in [-0.2, -0.15) is 0 Å². The van der Waals surface area contributed by atoms with Crippen molar-refractivity contribution in [2.24, 2.45) is 0 Å². The number of hydrogen-bond acceptors (Lipinski definition) is 1. The molecule has 3 heteroatoms. The molecule has 0 atom stereocenters. The van der Waals surface area contributed by atoms with E-state index in [9.17, 15) is 4.79 Å². The van der Waals surface area contributed by atoms with Gasteiger partial charge in [-0.1, -0.05) is 74.4 Å². The number of carbonyl (C=O) groups is 1. The Balaban J connectivity index is 2.50. The van der Waals surface area contributed by atoms with Gasteiger partial charge >= 0.3 is 0 Å². The molecule has 0 heterocycles. The van der Waals surface area contributed by atoms with Crippen LogP contribution in [-0.4, -0.2) is 23.9 Å². The van der Waals surface area contributed by atoms with Crippen molar-refractivity contribution in [2.75, 3.05) is 13.1 Å². The zero-order valence-electron chi connectivity index (χ0n) is 14.1. The van der Waals surface area contributed by atoms with E-state index in [0.717, 1.165) is 42.4 Å². The zero-order chi connectivity index (χ0) is 16.2. The zero-order valence-corrected chi connectivity index (χ0v) is 15.7. The van der Waals surface area contributed by atoms with E-state index < -0.39 is 0 Å². The Morgan fingerprint density at radius 3 is 2.27 bits per heavy atom. The maximum Gasteiger partial charge on any atom is 0.253 e. The molecule has 0 bridgehead atoms. The van der Waals surface area contributed by atoms with Crippen molar-refractivity contribution in [3.63, 3.8) is 0 Å². The normalized spacial score (nSPS) is 10.7. The largest absolute Gasteiger partial charge is 0.339 e. The van der Waals surface area contributed by atoms with Gasteiger partial charge < -0.3 is 4.90 Å². The van der Waals surface area contributed by atoms with Gasteiger partial charge in [0.05, 0.1) is 0 Å². The lowest BCUT2D eigenvalue weighted by atomic mass is 10.1. The van der Waals surface area contributed by atoms with E-state index in [4.69, 9.17) is 0 Å². The van der Waals surface area contributed by atoms with Gasteiger partial charge in [-0.25, -0.2) is 0 Å². The fourth-order valence-corrected chi connectivity index (χ4v) is 2.95. The molecule has 1 aromatic carbocycles. The molecule has 22 heavy (non-hydrogen) atoms. The van der Waals surface area contributed by atoms with Crippen molar-refractivity contribution in [3.8, 4) is 0 Å². The molecule has 0 fully saturated rings. The van der Waals surface area contributed by atoms with Gasteiger partial charge in [0.15, 0.2) is 0 Å². The Morgan fingerprint density at radius 2 is 1.59 bits per heavy atom. The molecule has 0 aliphatic carbocycles. The van der Waals surface area contributed by atoms with Gasteiger partial charge in [0.1, 0.15) is 0 Å². The Kier molecular flexibility index (Phi) is 10.2. The van der Waals surface area contributed by atoms with Crippen LogP contribution in [0.5, 0.6) is 0 Å². The lowest BCUT2D eigenvalue weighted by molar-refractivity contribution is 0.0750. The van der Waals surface area contributed by atoms with Crippen molar-refractivity contribution in [1.82, 2.24) is 4.90 Å². The molecule has 2 nitrogen and oxygen atoms in total. The maximum atomic E-state index is 12.7. The quantitative estimate of drug-likeness (QED) is 0.435. The second-order valence-corrected chi connectivity index (χ2v) is 6.84. The molecule has 0 saturated carbocycles. The smallest absolute Gasteiger partial charge is 0.253 e. The minimum Gasteiger partial charge on any atom is -0.339 e. The van der Waals surface area contributed by atoms with E-state index in [1.807, 2.05) is 29.2 Å². The number of unbranched alkanes of at least 4 members (excludes halogenated alkanes) is 6. The summed E-state index contributed by atoms with van der Waals surface area (Å²) in [5.41, 5.74) is 0.788. The van der Waals surface area contributed by atoms with Gasteiger partial charge in [-0.3, -0.25) is 4.79 Å². The summed E-state index contributed by atoms with van der Waals surface area (Å²) in [6.45, 7) is 6.17. The number of nitrogens with zero attached hydrogens (tertiary/aromatic N) is 1. The summed E-state index contributed by atoms with van der Waals surface area (Å²) in [7, 11) is 0. The van der Waals surface area contributed by atoms with Crippen LogP contribution in [0, 0.1) is 0 Å². The Labute approximate surface area is 144 Å². The van der Waals surface area contributed by atoms with Crippen LogP contribution in [-0.2, 0) is 0 Å². The highest BCUT2D eigenvalue weighted by molar-refractivity contribution is 9.10. The first-order valence-corrected chi connectivity index (χ1v) is 9.53. The fourth-order valence-electron chi connectivity index (χ4n) is 2.55. The van der Waals surface area contributed by atoms with Crippen LogP contribution >= 0.6 is 15.9 Å². The lowest BCUT2D eigenvalue weighted by Crippen LogP contribution is -2.33. The van der Waals surface area contributed by atoms with Crippen molar-refractivity contribution in [2.45, 2.75) is 65.2 Å². The molecule has 0 aliphatic rings. The van der Waals surface area contributed by atoms with Crippen LogP contribution in [0.1, 0.15) is 75.6 Å². The van der Waals surface area contributed by atoms with E-state index in [1.165, 1.54) is 32.1 Å². The van der Waals surface area contributed by atoms with Gasteiger partial charge in [0, 0.05) is 23.1 Å². The van der Waals surface area contributed by atoms with Gasteiger partial charge in [-0.15, -0.1) is 0 Å².